The van der Waals surface area contributed by atoms with Crippen molar-refractivity contribution in [3.05, 3.63) is 58.1 Å². The predicted molar refractivity (Wildman–Crippen MR) is 101 cm³/mol. The fourth-order valence-corrected chi connectivity index (χ4v) is 3.37. The Hall–Kier alpha value is -2.16. The molecule has 1 saturated heterocycles. The number of rotatable bonds is 6. The van der Waals surface area contributed by atoms with Crippen molar-refractivity contribution < 1.29 is 18.3 Å². The topological polar surface area (TPSA) is 67.4 Å². The maximum absolute atomic E-state index is 12.7. The molecular weight excluding hydrogens is 390 g/mol. The number of aryl methyl sites for hydroxylation is 1. The highest BCUT2D eigenvalue weighted by Gasteiger charge is 2.25. The molecule has 6 nitrogen and oxygen atoms in total. The molecular formula is C19H21ClF2N4O2. The highest BCUT2D eigenvalue weighted by atomic mass is 35.5. The molecule has 1 fully saturated rings. The molecule has 1 amide bonds. The lowest BCUT2D eigenvalue weighted by Gasteiger charge is -2.34. The normalized spacial score (nSPS) is 16.2. The Morgan fingerprint density at radius 2 is 1.96 bits per heavy atom. The lowest BCUT2D eigenvalue weighted by Crippen LogP contribution is -2.44. The highest BCUT2D eigenvalue weighted by molar-refractivity contribution is 6.30. The second-order valence-corrected chi connectivity index (χ2v) is 6.95. The number of hydrogen-bond donors (Lipinski definition) is 1. The Morgan fingerprint density at radius 1 is 1.29 bits per heavy atom. The zero-order chi connectivity index (χ0) is 20.1. The number of aromatic nitrogens is 2. The van der Waals surface area contributed by atoms with Crippen molar-refractivity contribution in [1.82, 2.24) is 20.2 Å². The van der Waals surface area contributed by atoms with Crippen LogP contribution in [0.3, 0.4) is 0 Å². The van der Waals surface area contributed by atoms with Crippen LogP contribution in [-0.2, 0) is 4.74 Å². The molecule has 3 rings (SSSR count). The van der Waals surface area contributed by atoms with Gasteiger partial charge in [0.1, 0.15) is 0 Å². The fourth-order valence-electron chi connectivity index (χ4n) is 3.15. The minimum absolute atomic E-state index is 0.224. The number of carbonyl (C=O) groups excluding carboxylic acids is 1. The molecule has 1 aromatic heterocycles. The molecule has 0 spiro atoms. The van der Waals surface area contributed by atoms with Crippen LogP contribution in [-0.4, -0.2) is 53.6 Å². The Morgan fingerprint density at radius 3 is 2.57 bits per heavy atom. The molecule has 0 saturated carbocycles. The minimum Gasteiger partial charge on any atom is -0.379 e. The van der Waals surface area contributed by atoms with Gasteiger partial charge in [-0.2, -0.15) is 0 Å². The average Bonchev–Trinajstić information content (AvgIpc) is 2.69. The van der Waals surface area contributed by atoms with Gasteiger partial charge in [0.15, 0.2) is 5.82 Å². The molecule has 2 aromatic rings. The number of ether oxygens (including phenoxy) is 1. The number of halogens is 3. The minimum atomic E-state index is -2.72. The Labute approximate surface area is 166 Å². The van der Waals surface area contributed by atoms with Crippen LogP contribution in [0.5, 0.6) is 0 Å². The summed E-state index contributed by atoms with van der Waals surface area (Å²) < 4.78 is 30.9. The monoisotopic (exact) mass is 410 g/mol. The summed E-state index contributed by atoms with van der Waals surface area (Å²) in [7, 11) is 0. The largest absolute Gasteiger partial charge is 0.379 e. The first-order valence-electron chi connectivity index (χ1n) is 8.92. The molecule has 1 aliphatic heterocycles. The van der Waals surface area contributed by atoms with Crippen LogP contribution in [0.4, 0.5) is 8.78 Å². The van der Waals surface area contributed by atoms with E-state index >= 15 is 0 Å². The molecule has 9 heteroatoms. The summed E-state index contributed by atoms with van der Waals surface area (Å²) in [6.07, 6.45) is 0.0753. The summed E-state index contributed by atoms with van der Waals surface area (Å²) in [6, 6.07) is 4.83. The quantitative estimate of drug-likeness (QED) is 0.792. The zero-order valence-corrected chi connectivity index (χ0v) is 16.1. The number of amides is 1. The van der Waals surface area contributed by atoms with Gasteiger partial charge in [0.05, 0.1) is 19.3 Å². The summed E-state index contributed by atoms with van der Waals surface area (Å²) in [6.45, 7) is 4.57. The summed E-state index contributed by atoms with van der Waals surface area (Å²) in [4.78, 5) is 22.2. The van der Waals surface area contributed by atoms with E-state index in [9.17, 15) is 13.6 Å². The number of carbonyl (C=O) groups is 1. The second-order valence-electron chi connectivity index (χ2n) is 6.51. The third kappa shape index (κ3) is 5.01. The predicted octanol–water partition coefficient (Wildman–Crippen LogP) is 3.18. The first kappa shape index (κ1) is 20.6. The first-order valence-corrected chi connectivity index (χ1v) is 9.29. The number of benzene rings is 1. The van der Waals surface area contributed by atoms with Gasteiger partial charge >= 0.3 is 0 Å². The van der Waals surface area contributed by atoms with Gasteiger partial charge in [-0.05, 0) is 30.7 Å². The van der Waals surface area contributed by atoms with Crippen LogP contribution in [0.25, 0.3) is 0 Å². The van der Waals surface area contributed by atoms with Gasteiger partial charge < -0.3 is 10.1 Å². The Bertz CT molecular complexity index is 814. The van der Waals surface area contributed by atoms with Gasteiger partial charge in [0.25, 0.3) is 12.3 Å². The zero-order valence-electron chi connectivity index (χ0n) is 15.4. The maximum atomic E-state index is 12.7. The van der Waals surface area contributed by atoms with E-state index in [1.54, 1.807) is 18.2 Å². The molecule has 150 valence electrons. The van der Waals surface area contributed by atoms with Crippen molar-refractivity contribution >= 4 is 17.5 Å². The van der Waals surface area contributed by atoms with Gasteiger partial charge in [-0.3, -0.25) is 9.69 Å². The van der Waals surface area contributed by atoms with Gasteiger partial charge in [0.2, 0.25) is 0 Å². The number of morpholine rings is 1. The van der Waals surface area contributed by atoms with Gasteiger partial charge in [-0.25, -0.2) is 18.7 Å². The van der Waals surface area contributed by atoms with Crippen molar-refractivity contribution in [3.63, 3.8) is 0 Å². The number of nitrogens with zero attached hydrogens (tertiary/aromatic N) is 3. The smallest absolute Gasteiger partial charge is 0.297 e. The van der Waals surface area contributed by atoms with Crippen LogP contribution >= 0.6 is 11.6 Å². The molecule has 1 unspecified atom stereocenters. The van der Waals surface area contributed by atoms with Crippen molar-refractivity contribution in [3.8, 4) is 0 Å². The third-order valence-electron chi connectivity index (χ3n) is 4.65. The maximum Gasteiger partial charge on any atom is 0.297 e. The van der Waals surface area contributed by atoms with Crippen LogP contribution in [0.1, 0.15) is 39.8 Å². The number of nitrogens with one attached hydrogen (secondary N) is 1. The number of hydrogen-bond acceptors (Lipinski definition) is 5. The molecule has 2 heterocycles. The first-order chi connectivity index (χ1) is 13.5. The summed E-state index contributed by atoms with van der Waals surface area (Å²) in [5, 5.41) is 3.49. The van der Waals surface area contributed by atoms with E-state index in [1.807, 2.05) is 6.92 Å². The van der Waals surface area contributed by atoms with E-state index in [0.717, 1.165) is 5.56 Å². The summed E-state index contributed by atoms with van der Waals surface area (Å²) >= 11 is 5.95. The van der Waals surface area contributed by atoms with Crippen LogP contribution in [0, 0.1) is 6.92 Å². The highest BCUT2D eigenvalue weighted by Crippen LogP contribution is 2.22. The van der Waals surface area contributed by atoms with Gasteiger partial charge in [0, 0.05) is 48.2 Å². The number of alkyl halides is 2. The molecule has 0 aliphatic carbocycles. The van der Waals surface area contributed by atoms with Crippen molar-refractivity contribution in [2.75, 3.05) is 32.8 Å². The lowest BCUT2D eigenvalue weighted by molar-refractivity contribution is 0.0160. The molecule has 1 aliphatic rings. The van der Waals surface area contributed by atoms with Gasteiger partial charge in [-0.1, -0.05) is 11.6 Å². The summed E-state index contributed by atoms with van der Waals surface area (Å²) in [5.41, 5.74) is 1.98. The molecule has 0 radical (unpaired) electrons. The molecule has 1 atom stereocenters. The van der Waals surface area contributed by atoms with Crippen molar-refractivity contribution in [1.29, 1.82) is 0 Å². The third-order valence-corrected chi connectivity index (χ3v) is 4.88. The van der Waals surface area contributed by atoms with Crippen molar-refractivity contribution in [2.24, 2.45) is 0 Å². The average molecular weight is 411 g/mol. The van der Waals surface area contributed by atoms with E-state index in [0.29, 0.717) is 42.5 Å². The van der Waals surface area contributed by atoms with Gasteiger partial charge in [-0.15, -0.1) is 0 Å². The Balaban J connectivity index is 1.76. The molecule has 1 N–H and O–H groups in total. The van der Waals surface area contributed by atoms with Crippen LogP contribution in [0.2, 0.25) is 5.02 Å². The summed E-state index contributed by atoms with van der Waals surface area (Å²) in [5.74, 6) is -0.733. The SMILES string of the molecule is Cc1cc(Cl)ccc1C(=O)NCC(c1cnc(C(F)F)nc1)N1CCOCC1. The van der Waals surface area contributed by atoms with E-state index in [4.69, 9.17) is 16.3 Å². The van der Waals surface area contributed by atoms with Crippen LogP contribution < -0.4 is 5.32 Å². The molecule has 28 heavy (non-hydrogen) atoms. The molecule has 0 bridgehead atoms. The van der Waals surface area contributed by atoms with E-state index in [-0.39, 0.29) is 18.5 Å². The lowest BCUT2D eigenvalue weighted by atomic mass is 10.1. The second kappa shape index (κ2) is 9.36. The fraction of sp³-hybridized carbons (Fsp3) is 0.421. The molecule has 1 aromatic carbocycles. The van der Waals surface area contributed by atoms with E-state index in [1.165, 1.54) is 12.4 Å². The van der Waals surface area contributed by atoms with Crippen molar-refractivity contribution in [2.45, 2.75) is 19.4 Å². The standard InChI is InChI=1S/C19H21ClF2N4O2/c1-12-8-14(20)2-3-15(12)19(27)25-11-16(26-4-6-28-7-5-26)13-9-23-18(17(21)22)24-10-13/h2-3,8-10,16-17H,4-7,11H2,1H3,(H,25,27). The van der Waals surface area contributed by atoms with Crippen LogP contribution in [0.15, 0.2) is 30.6 Å². The van der Waals surface area contributed by atoms with E-state index in [2.05, 4.69) is 20.2 Å². The Kier molecular flexibility index (Phi) is 6.88. The van der Waals surface area contributed by atoms with E-state index < -0.39 is 12.2 Å².